The highest BCUT2D eigenvalue weighted by Gasteiger charge is 2.06. The predicted octanol–water partition coefficient (Wildman–Crippen LogP) is 1.18. The Labute approximate surface area is 106 Å². The molecule has 0 heterocycles. The number of carbonyl (C=O) groups excluding carboxylic acids is 1. The first-order valence-corrected chi connectivity index (χ1v) is 5.97. The number of halogens is 1. The lowest BCUT2D eigenvalue weighted by Gasteiger charge is -2.07. The molecule has 0 saturated carbocycles. The third-order valence-corrected chi connectivity index (χ3v) is 2.63. The fraction of sp³-hybridized carbons (Fsp3) is 0.462. The van der Waals surface area contributed by atoms with E-state index < -0.39 is 11.7 Å². The standard InChI is InChI=1S/C13H19FN2O2/c1-9(17)3-2-6-16-8-11-5-4-10(13(15)18)7-12(11)14/h4-5,7,9,16-17H,2-3,6,8H2,1H3,(H2,15,18). The van der Waals surface area contributed by atoms with Crippen molar-refractivity contribution >= 4 is 5.91 Å². The van der Waals surface area contributed by atoms with E-state index in [-0.39, 0.29) is 11.7 Å². The molecule has 0 fully saturated rings. The number of benzene rings is 1. The number of aliphatic hydroxyl groups is 1. The van der Waals surface area contributed by atoms with Crippen LogP contribution in [-0.2, 0) is 6.54 Å². The molecule has 0 aliphatic rings. The summed E-state index contributed by atoms with van der Waals surface area (Å²) in [6, 6.07) is 4.21. The Morgan fingerprint density at radius 1 is 1.56 bits per heavy atom. The van der Waals surface area contributed by atoms with Crippen molar-refractivity contribution in [1.82, 2.24) is 5.32 Å². The van der Waals surface area contributed by atoms with Gasteiger partial charge in [-0.25, -0.2) is 4.39 Å². The van der Waals surface area contributed by atoms with Gasteiger partial charge in [0.1, 0.15) is 5.82 Å². The van der Waals surface area contributed by atoms with Crippen molar-refractivity contribution in [2.24, 2.45) is 5.73 Å². The second-order valence-corrected chi connectivity index (χ2v) is 4.34. The summed E-state index contributed by atoms with van der Waals surface area (Å²) in [6.45, 7) is 2.84. The third-order valence-electron chi connectivity index (χ3n) is 2.63. The van der Waals surface area contributed by atoms with Gasteiger partial charge in [0.05, 0.1) is 6.10 Å². The second-order valence-electron chi connectivity index (χ2n) is 4.34. The minimum absolute atomic E-state index is 0.172. The lowest BCUT2D eigenvalue weighted by molar-refractivity contribution is 0.1000. The maximum absolute atomic E-state index is 13.6. The maximum atomic E-state index is 13.6. The van der Waals surface area contributed by atoms with E-state index >= 15 is 0 Å². The molecule has 0 radical (unpaired) electrons. The highest BCUT2D eigenvalue weighted by Crippen LogP contribution is 2.10. The molecule has 4 nitrogen and oxygen atoms in total. The van der Waals surface area contributed by atoms with Crippen LogP contribution in [0.25, 0.3) is 0 Å². The van der Waals surface area contributed by atoms with E-state index in [1.165, 1.54) is 6.07 Å². The Bertz CT molecular complexity index is 408. The second kappa shape index (κ2) is 7.08. The van der Waals surface area contributed by atoms with Crippen LogP contribution in [0.15, 0.2) is 18.2 Å². The summed E-state index contributed by atoms with van der Waals surface area (Å²) in [6.07, 6.45) is 1.24. The zero-order chi connectivity index (χ0) is 13.5. The average Bonchev–Trinajstić information content (AvgIpc) is 2.29. The van der Waals surface area contributed by atoms with Crippen molar-refractivity contribution in [2.75, 3.05) is 6.54 Å². The average molecular weight is 254 g/mol. The molecule has 1 amide bonds. The number of carbonyl (C=O) groups is 1. The summed E-state index contributed by atoms with van der Waals surface area (Å²) >= 11 is 0. The van der Waals surface area contributed by atoms with E-state index in [2.05, 4.69) is 5.32 Å². The van der Waals surface area contributed by atoms with Gasteiger partial charge in [-0.1, -0.05) is 6.07 Å². The van der Waals surface area contributed by atoms with Gasteiger partial charge in [-0.3, -0.25) is 4.79 Å². The van der Waals surface area contributed by atoms with Crippen molar-refractivity contribution in [3.63, 3.8) is 0 Å². The summed E-state index contributed by atoms with van der Waals surface area (Å²) in [5.74, 6) is -1.07. The van der Waals surface area contributed by atoms with Crippen LogP contribution in [0, 0.1) is 5.82 Å². The van der Waals surface area contributed by atoms with Gasteiger partial charge in [0.25, 0.3) is 0 Å². The lowest BCUT2D eigenvalue weighted by atomic mass is 10.1. The van der Waals surface area contributed by atoms with E-state index in [1.54, 1.807) is 13.0 Å². The Kier molecular flexibility index (Phi) is 5.74. The molecular weight excluding hydrogens is 235 g/mol. The molecule has 0 aliphatic heterocycles. The fourth-order valence-electron chi connectivity index (χ4n) is 1.59. The summed E-state index contributed by atoms with van der Waals surface area (Å²) in [5, 5.41) is 12.1. The number of amides is 1. The Hall–Kier alpha value is -1.46. The van der Waals surface area contributed by atoms with Gasteiger partial charge in [-0.05, 0) is 38.4 Å². The first kappa shape index (κ1) is 14.6. The lowest BCUT2D eigenvalue weighted by Crippen LogP contribution is -2.17. The molecule has 1 unspecified atom stereocenters. The molecule has 1 atom stereocenters. The van der Waals surface area contributed by atoms with Gasteiger partial charge in [0, 0.05) is 17.7 Å². The maximum Gasteiger partial charge on any atom is 0.248 e. The zero-order valence-electron chi connectivity index (χ0n) is 10.4. The van der Waals surface area contributed by atoms with E-state index in [0.29, 0.717) is 18.7 Å². The predicted molar refractivity (Wildman–Crippen MR) is 67.5 cm³/mol. The molecule has 0 bridgehead atoms. The number of aliphatic hydroxyl groups excluding tert-OH is 1. The van der Waals surface area contributed by atoms with Gasteiger partial charge >= 0.3 is 0 Å². The topological polar surface area (TPSA) is 75.3 Å². The largest absolute Gasteiger partial charge is 0.393 e. The first-order valence-electron chi connectivity index (χ1n) is 5.97. The number of rotatable bonds is 7. The van der Waals surface area contributed by atoms with Crippen molar-refractivity contribution in [1.29, 1.82) is 0 Å². The van der Waals surface area contributed by atoms with E-state index in [9.17, 15) is 9.18 Å². The molecule has 0 aromatic heterocycles. The van der Waals surface area contributed by atoms with Crippen molar-refractivity contribution in [3.05, 3.63) is 35.1 Å². The molecule has 4 N–H and O–H groups in total. The van der Waals surface area contributed by atoms with Crippen molar-refractivity contribution in [3.8, 4) is 0 Å². The van der Waals surface area contributed by atoms with Crippen molar-refractivity contribution in [2.45, 2.75) is 32.4 Å². The first-order chi connectivity index (χ1) is 8.50. The highest BCUT2D eigenvalue weighted by molar-refractivity contribution is 5.92. The minimum Gasteiger partial charge on any atom is -0.393 e. The zero-order valence-corrected chi connectivity index (χ0v) is 10.4. The normalized spacial score (nSPS) is 12.4. The van der Waals surface area contributed by atoms with Gasteiger partial charge in [0.15, 0.2) is 0 Å². The molecule has 0 saturated heterocycles. The Balaban J connectivity index is 2.41. The van der Waals surface area contributed by atoms with Crippen LogP contribution in [0.4, 0.5) is 4.39 Å². The van der Waals surface area contributed by atoms with Gasteiger partial charge in [-0.2, -0.15) is 0 Å². The van der Waals surface area contributed by atoms with Crippen molar-refractivity contribution < 1.29 is 14.3 Å². The van der Waals surface area contributed by atoms with Gasteiger partial charge in [-0.15, -0.1) is 0 Å². The molecule has 100 valence electrons. The summed E-state index contributed by atoms with van der Waals surface area (Å²) < 4.78 is 13.6. The number of nitrogens with two attached hydrogens (primary N) is 1. The molecule has 0 spiro atoms. The minimum atomic E-state index is -0.634. The summed E-state index contributed by atoms with van der Waals surface area (Å²) in [7, 11) is 0. The van der Waals surface area contributed by atoms with Gasteiger partial charge in [0.2, 0.25) is 5.91 Å². The molecule has 1 rings (SSSR count). The Morgan fingerprint density at radius 3 is 2.83 bits per heavy atom. The molecule has 18 heavy (non-hydrogen) atoms. The third kappa shape index (κ3) is 4.81. The van der Waals surface area contributed by atoms with Gasteiger partial charge < -0.3 is 16.2 Å². The van der Waals surface area contributed by atoms with Crippen LogP contribution in [0.2, 0.25) is 0 Å². The number of hydrogen-bond donors (Lipinski definition) is 3. The van der Waals surface area contributed by atoms with Crippen LogP contribution < -0.4 is 11.1 Å². The van der Waals surface area contributed by atoms with E-state index in [4.69, 9.17) is 10.8 Å². The molecule has 0 aliphatic carbocycles. The Morgan fingerprint density at radius 2 is 2.28 bits per heavy atom. The van der Waals surface area contributed by atoms with Crippen LogP contribution in [0.1, 0.15) is 35.7 Å². The fourth-order valence-corrected chi connectivity index (χ4v) is 1.59. The summed E-state index contributed by atoms with van der Waals surface area (Å²) in [4.78, 5) is 10.8. The summed E-state index contributed by atoms with van der Waals surface area (Å²) in [5.41, 5.74) is 5.72. The highest BCUT2D eigenvalue weighted by atomic mass is 19.1. The van der Waals surface area contributed by atoms with E-state index in [0.717, 1.165) is 18.9 Å². The quantitative estimate of drug-likeness (QED) is 0.639. The number of hydrogen-bond acceptors (Lipinski definition) is 3. The molecule has 1 aromatic carbocycles. The number of nitrogens with one attached hydrogen (secondary N) is 1. The van der Waals surface area contributed by atoms with Crippen LogP contribution in [-0.4, -0.2) is 23.7 Å². The molecular formula is C13H19FN2O2. The van der Waals surface area contributed by atoms with E-state index in [1.807, 2.05) is 0 Å². The number of primary amides is 1. The monoisotopic (exact) mass is 254 g/mol. The van der Waals surface area contributed by atoms with Crippen LogP contribution in [0.3, 0.4) is 0 Å². The SMILES string of the molecule is CC(O)CCCNCc1ccc(C(N)=O)cc1F. The van der Waals surface area contributed by atoms with Crippen LogP contribution >= 0.6 is 0 Å². The van der Waals surface area contributed by atoms with Crippen LogP contribution in [0.5, 0.6) is 0 Å². The smallest absolute Gasteiger partial charge is 0.248 e. The molecule has 5 heteroatoms. The molecule has 1 aromatic rings.